The lowest BCUT2D eigenvalue weighted by Crippen LogP contribution is -2.28. The standard InChI is InChI=1S/C56H43N5.C2H6/c1-4-17-38(5-2)54(57-3)60-55(40-19-8-6-9-20-40)59-37-61-50-31-29-39-18-12-13-23-44(39)53(50)47-30-28-41(36-51(47)61)45-25-16-27-49-52(45)46-24-14-15-26-48(46)56(49,42-21-10-7-11-22-42)43-32-34-58-35-33-43;1-2/h4-36H,3,37H2,1-2H3;1-2H3/b17-4-,38-5+,59-55-,60-54+;. The van der Waals surface area contributed by atoms with Crippen molar-refractivity contribution in [2.45, 2.75) is 39.8 Å². The molecule has 5 heteroatoms. The number of pyridine rings is 1. The van der Waals surface area contributed by atoms with Gasteiger partial charge in [-0.1, -0.05) is 178 Å². The highest BCUT2D eigenvalue weighted by atomic mass is 15.1. The quantitative estimate of drug-likeness (QED) is 0.0856. The Morgan fingerprint density at radius 1 is 0.651 bits per heavy atom. The zero-order chi connectivity index (χ0) is 43.3. The third kappa shape index (κ3) is 6.92. The second-order valence-electron chi connectivity index (χ2n) is 15.3. The Hall–Kier alpha value is -7.76. The fraction of sp³-hybridized carbons (Fsp3) is 0.103. The van der Waals surface area contributed by atoms with E-state index >= 15 is 0 Å². The van der Waals surface area contributed by atoms with Crippen molar-refractivity contribution in [1.29, 1.82) is 0 Å². The van der Waals surface area contributed by atoms with Gasteiger partial charge in [0.1, 0.15) is 6.67 Å². The summed E-state index contributed by atoms with van der Waals surface area (Å²) in [5.74, 6) is 1.11. The van der Waals surface area contributed by atoms with E-state index in [1.54, 1.807) is 0 Å². The molecule has 1 unspecified atom stereocenters. The highest BCUT2D eigenvalue weighted by molar-refractivity contribution is 6.21. The molecule has 0 saturated heterocycles. The van der Waals surface area contributed by atoms with Gasteiger partial charge in [0.15, 0.2) is 11.7 Å². The van der Waals surface area contributed by atoms with Gasteiger partial charge in [0.25, 0.3) is 0 Å². The third-order valence-electron chi connectivity index (χ3n) is 12.1. The lowest BCUT2D eigenvalue weighted by molar-refractivity contribution is 0.766. The van der Waals surface area contributed by atoms with Gasteiger partial charge in [-0.3, -0.25) is 4.98 Å². The number of nitrogens with zero attached hydrogens (tertiary/aromatic N) is 5. The van der Waals surface area contributed by atoms with Crippen molar-refractivity contribution < 1.29 is 0 Å². The predicted molar refractivity (Wildman–Crippen MR) is 267 cm³/mol. The molecule has 1 atom stereocenters. The van der Waals surface area contributed by atoms with Crippen LogP contribution in [-0.4, -0.2) is 27.9 Å². The number of fused-ring (bicyclic) bond motifs is 8. The Balaban J connectivity index is 0.00000249. The minimum atomic E-state index is -0.522. The number of hydrogen-bond acceptors (Lipinski definition) is 2. The van der Waals surface area contributed by atoms with E-state index in [2.05, 4.69) is 161 Å². The van der Waals surface area contributed by atoms with E-state index in [4.69, 9.17) is 9.98 Å². The first kappa shape index (κ1) is 40.6. The van der Waals surface area contributed by atoms with E-state index in [0.29, 0.717) is 18.3 Å². The van der Waals surface area contributed by atoms with Gasteiger partial charge in [-0.05, 0) is 100 Å². The molecule has 2 aromatic heterocycles. The SMILES string of the molecule is C=NC(=N/C(=N\Cn1c2cc(-c3cccc4c3-c3ccccc3C4(c3ccccc3)c3ccncc3)ccc2c2c3ccccc3ccc21)c1ccccc1)/C(/C=C\C)=C/C.CC. The number of rotatable bonds is 8. The molecule has 2 heterocycles. The monoisotopic (exact) mass is 815 g/mol. The van der Waals surface area contributed by atoms with Crippen LogP contribution in [-0.2, 0) is 12.1 Å². The summed E-state index contributed by atoms with van der Waals surface area (Å²) >= 11 is 0. The Morgan fingerprint density at radius 2 is 1.33 bits per heavy atom. The maximum absolute atomic E-state index is 5.31. The van der Waals surface area contributed by atoms with Crippen LogP contribution in [0.5, 0.6) is 0 Å². The molecule has 306 valence electrons. The van der Waals surface area contributed by atoms with E-state index in [1.165, 1.54) is 60.5 Å². The summed E-state index contributed by atoms with van der Waals surface area (Å²) in [7, 11) is 0. The van der Waals surface area contributed by atoms with Crippen molar-refractivity contribution in [2.75, 3.05) is 0 Å². The van der Waals surface area contributed by atoms with Gasteiger partial charge in [-0.25, -0.2) is 15.0 Å². The lowest BCUT2D eigenvalue weighted by atomic mass is 9.68. The number of amidine groups is 2. The van der Waals surface area contributed by atoms with Crippen LogP contribution in [0.3, 0.4) is 0 Å². The second kappa shape index (κ2) is 17.7. The summed E-state index contributed by atoms with van der Waals surface area (Å²) < 4.78 is 2.34. The number of hydrogen-bond donors (Lipinski definition) is 0. The van der Waals surface area contributed by atoms with E-state index in [0.717, 1.165) is 27.7 Å². The first-order valence-electron chi connectivity index (χ1n) is 21.7. The largest absolute Gasteiger partial charge is 0.320 e. The van der Waals surface area contributed by atoms with Crippen molar-refractivity contribution in [3.8, 4) is 22.3 Å². The minimum Gasteiger partial charge on any atom is -0.320 e. The zero-order valence-electron chi connectivity index (χ0n) is 36.2. The maximum Gasteiger partial charge on any atom is 0.160 e. The molecule has 0 aliphatic heterocycles. The molecule has 63 heavy (non-hydrogen) atoms. The molecule has 0 amide bonds. The Bertz CT molecular complexity index is 3200. The van der Waals surface area contributed by atoms with E-state index in [-0.39, 0.29) is 0 Å². The van der Waals surface area contributed by atoms with E-state index in [1.807, 2.05) is 88.6 Å². The van der Waals surface area contributed by atoms with Crippen LogP contribution in [0.1, 0.15) is 55.5 Å². The van der Waals surface area contributed by atoms with Gasteiger partial charge in [0.2, 0.25) is 0 Å². The molecule has 0 bridgehead atoms. The Morgan fingerprint density at radius 3 is 2.10 bits per heavy atom. The van der Waals surface area contributed by atoms with Gasteiger partial charge in [0.05, 0.1) is 16.4 Å². The molecule has 0 spiro atoms. The Labute approximate surface area is 369 Å². The molecule has 0 saturated carbocycles. The van der Waals surface area contributed by atoms with Gasteiger partial charge in [0, 0.05) is 34.3 Å². The highest BCUT2D eigenvalue weighted by Crippen LogP contribution is 2.58. The van der Waals surface area contributed by atoms with Crippen LogP contribution in [0, 0.1) is 0 Å². The van der Waals surface area contributed by atoms with Crippen molar-refractivity contribution in [3.05, 3.63) is 234 Å². The van der Waals surface area contributed by atoms with Crippen LogP contribution in [0.25, 0.3) is 54.8 Å². The molecule has 0 fully saturated rings. The average Bonchev–Trinajstić information content (AvgIpc) is 3.85. The summed E-state index contributed by atoms with van der Waals surface area (Å²) in [5, 5.41) is 4.80. The second-order valence-corrected chi connectivity index (χ2v) is 15.3. The smallest absolute Gasteiger partial charge is 0.160 e. The van der Waals surface area contributed by atoms with Crippen LogP contribution in [0.2, 0.25) is 0 Å². The Kier molecular flexibility index (Phi) is 11.4. The number of aliphatic imine (C=N–C) groups is 3. The number of aromatic nitrogens is 2. The molecule has 9 aromatic rings. The normalized spacial score (nSPS) is 15.1. The van der Waals surface area contributed by atoms with E-state index in [9.17, 15) is 0 Å². The number of benzene rings is 7. The molecular formula is C58H49N5. The van der Waals surface area contributed by atoms with Crippen LogP contribution in [0.15, 0.2) is 221 Å². The van der Waals surface area contributed by atoms with Crippen LogP contribution < -0.4 is 0 Å². The third-order valence-corrected chi connectivity index (χ3v) is 12.1. The van der Waals surface area contributed by atoms with Gasteiger partial charge in [-0.2, -0.15) is 0 Å². The first-order chi connectivity index (χ1) is 31.1. The van der Waals surface area contributed by atoms with Crippen LogP contribution >= 0.6 is 0 Å². The van der Waals surface area contributed by atoms with E-state index < -0.39 is 5.41 Å². The summed E-state index contributed by atoms with van der Waals surface area (Å²) in [5.41, 5.74) is 13.2. The van der Waals surface area contributed by atoms with Crippen LogP contribution in [0.4, 0.5) is 0 Å². The lowest BCUT2D eigenvalue weighted by Gasteiger charge is -2.33. The molecule has 5 nitrogen and oxygen atoms in total. The van der Waals surface area contributed by atoms with Gasteiger partial charge in [-0.15, -0.1) is 0 Å². The molecule has 1 aliphatic rings. The minimum absolute atomic E-state index is 0.337. The predicted octanol–water partition coefficient (Wildman–Crippen LogP) is 14.4. The summed E-state index contributed by atoms with van der Waals surface area (Å²) in [6.07, 6.45) is 9.80. The molecule has 0 radical (unpaired) electrons. The fourth-order valence-corrected chi connectivity index (χ4v) is 9.52. The maximum atomic E-state index is 5.31. The summed E-state index contributed by atoms with van der Waals surface area (Å²) in [6.45, 7) is 12.2. The van der Waals surface area contributed by atoms with Crippen molar-refractivity contribution in [2.24, 2.45) is 15.0 Å². The van der Waals surface area contributed by atoms with Crippen molar-refractivity contribution in [3.63, 3.8) is 0 Å². The molecule has 10 rings (SSSR count). The zero-order valence-corrected chi connectivity index (χ0v) is 36.2. The highest BCUT2D eigenvalue weighted by Gasteiger charge is 2.46. The molecular weight excluding hydrogens is 767 g/mol. The van der Waals surface area contributed by atoms with Crippen molar-refractivity contribution in [1.82, 2.24) is 9.55 Å². The fourth-order valence-electron chi connectivity index (χ4n) is 9.52. The van der Waals surface area contributed by atoms with Gasteiger partial charge >= 0.3 is 0 Å². The summed E-state index contributed by atoms with van der Waals surface area (Å²) in [4.78, 5) is 19.2. The molecule has 7 aromatic carbocycles. The topological polar surface area (TPSA) is 54.9 Å². The average molecular weight is 816 g/mol. The molecule has 0 N–H and O–H groups in total. The number of allylic oxidation sites excluding steroid dienone is 2. The summed E-state index contributed by atoms with van der Waals surface area (Å²) in [6, 6.07) is 61.1. The molecule has 1 aliphatic carbocycles. The first-order valence-corrected chi connectivity index (χ1v) is 21.7. The van der Waals surface area contributed by atoms with Crippen molar-refractivity contribution >= 4 is 51.0 Å². The van der Waals surface area contributed by atoms with Gasteiger partial charge < -0.3 is 4.57 Å².